The number of ether oxygens (including phenoxy) is 1. The largest absolute Gasteiger partial charge is 0.444 e. The van der Waals surface area contributed by atoms with Crippen molar-refractivity contribution in [1.29, 1.82) is 0 Å². The normalized spacial score (nSPS) is 12.3. The summed E-state index contributed by atoms with van der Waals surface area (Å²) in [4.78, 5) is 29.4. The van der Waals surface area contributed by atoms with Crippen LogP contribution >= 0.6 is 15.9 Å². The van der Waals surface area contributed by atoms with Gasteiger partial charge < -0.3 is 14.6 Å². The fourth-order valence-electron chi connectivity index (χ4n) is 2.51. The predicted octanol–water partition coefficient (Wildman–Crippen LogP) is 3.98. The summed E-state index contributed by atoms with van der Waals surface area (Å²) >= 11 is 3.44. The van der Waals surface area contributed by atoms with Crippen LogP contribution in [0.25, 0.3) is 11.0 Å². The van der Waals surface area contributed by atoms with E-state index in [-0.39, 0.29) is 17.5 Å². The number of nitrogens with zero attached hydrogens (tertiary/aromatic N) is 2. The van der Waals surface area contributed by atoms with Gasteiger partial charge in [0.15, 0.2) is 0 Å². The van der Waals surface area contributed by atoms with E-state index >= 15 is 0 Å². The van der Waals surface area contributed by atoms with Crippen LogP contribution in [0, 0.1) is 0 Å². The van der Waals surface area contributed by atoms with Crippen LogP contribution in [0.15, 0.2) is 27.5 Å². The van der Waals surface area contributed by atoms with Crippen LogP contribution in [-0.4, -0.2) is 27.8 Å². The molecule has 7 heteroatoms. The Morgan fingerprint density at radius 1 is 1.23 bits per heavy atom. The van der Waals surface area contributed by atoms with Crippen molar-refractivity contribution < 1.29 is 9.53 Å². The Morgan fingerprint density at radius 3 is 2.46 bits per heavy atom. The van der Waals surface area contributed by atoms with E-state index in [4.69, 9.17) is 4.74 Å². The molecule has 142 valence electrons. The number of hydrogen-bond donors (Lipinski definition) is 1. The van der Waals surface area contributed by atoms with Crippen molar-refractivity contribution in [3.63, 3.8) is 0 Å². The molecular formula is C19H26BrN3O3. The molecule has 0 unspecified atom stereocenters. The van der Waals surface area contributed by atoms with Gasteiger partial charge in [-0.2, -0.15) is 0 Å². The number of halogens is 1. The van der Waals surface area contributed by atoms with Gasteiger partial charge in [-0.3, -0.25) is 4.79 Å². The SMILES string of the molecule is CC(C)(C)OC(=O)NCCn1c(=O)c(C(C)(C)C)nc2ccc(Br)cc21. The maximum Gasteiger partial charge on any atom is 0.407 e. The molecule has 26 heavy (non-hydrogen) atoms. The van der Waals surface area contributed by atoms with Crippen molar-refractivity contribution in [3.05, 3.63) is 38.7 Å². The highest BCUT2D eigenvalue weighted by atomic mass is 79.9. The molecule has 1 amide bonds. The van der Waals surface area contributed by atoms with E-state index < -0.39 is 11.7 Å². The lowest BCUT2D eigenvalue weighted by molar-refractivity contribution is 0.0526. The summed E-state index contributed by atoms with van der Waals surface area (Å²) in [7, 11) is 0. The molecule has 2 aromatic rings. The molecule has 0 atom stereocenters. The van der Waals surface area contributed by atoms with E-state index in [0.717, 1.165) is 15.5 Å². The van der Waals surface area contributed by atoms with Crippen LogP contribution in [0.4, 0.5) is 4.79 Å². The maximum absolute atomic E-state index is 13.0. The number of aromatic nitrogens is 2. The molecule has 0 aliphatic rings. The smallest absolute Gasteiger partial charge is 0.407 e. The summed E-state index contributed by atoms with van der Waals surface area (Å²) in [6, 6.07) is 5.64. The summed E-state index contributed by atoms with van der Waals surface area (Å²) in [5.74, 6) is 0. The van der Waals surface area contributed by atoms with Gasteiger partial charge in [0, 0.05) is 23.0 Å². The molecule has 0 bridgehead atoms. The quantitative estimate of drug-likeness (QED) is 0.809. The molecule has 0 radical (unpaired) electrons. The zero-order valence-electron chi connectivity index (χ0n) is 16.1. The average molecular weight is 424 g/mol. The molecule has 0 spiro atoms. The van der Waals surface area contributed by atoms with Crippen molar-refractivity contribution in [2.45, 2.75) is 59.1 Å². The molecule has 0 saturated carbocycles. The first-order valence-corrected chi connectivity index (χ1v) is 9.35. The number of hydrogen-bond acceptors (Lipinski definition) is 4. The third-order valence-corrected chi connectivity index (χ3v) is 4.12. The van der Waals surface area contributed by atoms with Crippen LogP contribution < -0.4 is 10.9 Å². The van der Waals surface area contributed by atoms with Crippen LogP contribution in [0.2, 0.25) is 0 Å². The standard InChI is InChI=1S/C19H26BrN3O3/c1-18(2,3)15-16(24)23(10-9-21-17(25)26-19(4,5)6)14-11-12(20)7-8-13(14)22-15/h7-8,11H,9-10H2,1-6H3,(H,21,25). The lowest BCUT2D eigenvalue weighted by atomic mass is 9.92. The van der Waals surface area contributed by atoms with E-state index in [1.54, 1.807) is 25.3 Å². The van der Waals surface area contributed by atoms with Crippen LogP contribution in [0.5, 0.6) is 0 Å². The van der Waals surface area contributed by atoms with E-state index in [2.05, 4.69) is 26.2 Å². The molecule has 0 aliphatic heterocycles. The maximum atomic E-state index is 13.0. The Kier molecular flexibility index (Phi) is 5.80. The first-order valence-electron chi connectivity index (χ1n) is 8.56. The Bertz CT molecular complexity index is 876. The first-order chi connectivity index (χ1) is 11.9. The highest BCUT2D eigenvalue weighted by Gasteiger charge is 2.23. The molecular weight excluding hydrogens is 398 g/mol. The Balaban J connectivity index is 2.35. The van der Waals surface area contributed by atoms with Gasteiger partial charge >= 0.3 is 6.09 Å². The monoisotopic (exact) mass is 423 g/mol. The Morgan fingerprint density at radius 2 is 1.88 bits per heavy atom. The zero-order valence-corrected chi connectivity index (χ0v) is 17.7. The third kappa shape index (κ3) is 5.06. The molecule has 1 N–H and O–H groups in total. The van der Waals surface area contributed by atoms with Gasteiger partial charge in [0.2, 0.25) is 0 Å². The molecule has 1 heterocycles. The zero-order chi connectivity index (χ0) is 19.7. The summed E-state index contributed by atoms with van der Waals surface area (Å²) in [5.41, 5.74) is 0.893. The summed E-state index contributed by atoms with van der Waals surface area (Å²) in [5, 5.41) is 2.70. The highest BCUT2D eigenvalue weighted by molar-refractivity contribution is 9.10. The highest BCUT2D eigenvalue weighted by Crippen LogP contribution is 2.22. The van der Waals surface area contributed by atoms with Gasteiger partial charge in [-0.15, -0.1) is 0 Å². The van der Waals surface area contributed by atoms with Crippen molar-refractivity contribution in [2.75, 3.05) is 6.54 Å². The summed E-state index contributed by atoms with van der Waals surface area (Å²) < 4.78 is 7.76. The second kappa shape index (κ2) is 7.39. The minimum Gasteiger partial charge on any atom is -0.444 e. The van der Waals surface area contributed by atoms with E-state index in [9.17, 15) is 9.59 Å². The second-order valence-corrected chi connectivity index (χ2v) is 9.14. The van der Waals surface area contributed by atoms with E-state index in [1.807, 2.05) is 39.0 Å². The molecule has 6 nitrogen and oxygen atoms in total. The van der Waals surface area contributed by atoms with Crippen LogP contribution in [0.3, 0.4) is 0 Å². The number of fused-ring (bicyclic) bond motifs is 1. The molecule has 1 aromatic heterocycles. The summed E-state index contributed by atoms with van der Waals surface area (Å²) in [6.07, 6.45) is -0.499. The Hall–Kier alpha value is -1.89. The number of rotatable bonds is 3. The minimum atomic E-state index is -0.561. The Labute approximate surface area is 162 Å². The molecule has 0 fully saturated rings. The van der Waals surface area contributed by atoms with Crippen molar-refractivity contribution >= 4 is 33.1 Å². The molecule has 0 aliphatic carbocycles. The van der Waals surface area contributed by atoms with Gasteiger partial charge in [-0.1, -0.05) is 36.7 Å². The van der Waals surface area contributed by atoms with Gasteiger partial charge in [-0.25, -0.2) is 9.78 Å². The van der Waals surface area contributed by atoms with Crippen molar-refractivity contribution in [2.24, 2.45) is 0 Å². The third-order valence-electron chi connectivity index (χ3n) is 3.62. The van der Waals surface area contributed by atoms with E-state index in [0.29, 0.717) is 12.2 Å². The van der Waals surface area contributed by atoms with Crippen LogP contribution in [-0.2, 0) is 16.7 Å². The first kappa shape index (κ1) is 20.4. The van der Waals surface area contributed by atoms with Gasteiger partial charge in [0.05, 0.1) is 11.0 Å². The lowest BCUT2D eigenvalue weighted by Gasteiger charge is -2.21. The number of amides is 1. The van der Waals surface area contributed by atoms with Crippen LogP contribution in [0.1, 0.15) is 47.2 Å². The topological polar surface area (TPSA) is 73.2 Å². The van der Waals surface area contributed by atoms with Crippen molar-refractivity contribution in [1.82, 2.24) is 14.9 Å². The molecule has 0 saturated heterocycles. The predicted molar refractivity (Wildman–Crippen MR) is 107 cm³/mol. The summed E-state index contributed by atoms with van der Waals surface area (Å²) in [6.45, 7) is 11.9. The molecule has 1 aromatic carbocycles. The van der Waals surface area contributed by atoms with Gasteiger partial charge in [-0.05, 0) is 39.0 Å². The number of carbonyl (C=O) groups excluding carboxylic acids is 1. The fraction of sp³-hybridized carbons (Fsp3) is 0.526. The number of alkyl carbamates (subject to hydrolysis) is 1. The average Bonchev–Trinajstić information content (AvgIpc) is 2.46. The second-order valence-electron chi connectivity index (χ2n) is 8.23. The fourth-order valence-corrected chi connectivity index (χ4v) is 2.86. The minimum absolute atomic E-state index is 0.144. The van der Waals surface area contributed by atoms with E-state index in [1.165, 1.54) is 0 Å². The lowest BCUT2D eigenvalue weighted by Crippen LogP contribution is -2.37. The number of benzene rings is 1. The molecule has 2 rings (SSSR count). The number of carbonyl (C=O) groups is 1. The van der Waals surface area contributed by atoms with Gasteiger partial charge in [0.25, 0.3) is 5.56 Å². The van der Waals surface area contributed by atoms with Gasteiger partial charge in [0.1, 0.15) is 11.3 Å². The number of nitrogens with one attached hydrogen (secondary N) is 1. The van der Waals surface area contributed by atoms with Crippen molar-refractivity contribution in [3.8, 4) is 0 Å².